The molecule has 0 bridgehead atoms. The van der Waals surface area contributed by atoms with Gasteiger partial charge in [0.2, 0.25) is 0 Å². The van der Waals surface area contributed by atoms with Crippen LogP contribution >= 0.6 is 11.3 Å². The first kappa shape index (κ1) is 12.0. The monoisotopic (exact) mass is 242 g/mol. The maximum absolute atomic E-state index is 5.49. The van der Waals surface area contributed by atoms with Crippen LogP contribution in [0, 0.1) is 0 Å². The fraction of sp³-hybridized carbons (Fsp3) is 0.727. The zero-order chi connectivity index (χ0) is 11.4. The van der Waals surface area contributed by atoms with Crippen molar-refractivity contribution in [1.29, 1.82) is 0 Å². The number of hydrogen-bond donors (Lipinski definition) is 1. The molecule has 0 amide bonds. The van der Waals surface area contributed by atoms with E-state index in [9.17, 15) is 0 Å². The normalized spacial score (nSPS) is 22.2. The Morgan fingerprint density at radius 1 is 1.62 bits per heavy atom. The van der Waals surface area contributed by atoms with Crippen LogP contribution in [0.5, 0.6) is 0 Å². The van der Waals surface area contributed by atoms with Crippen LogP contribution in [-0.4, -0.2) is 31.0 Å². The van der Waals surface area contributed by atoms with E-state index in [0.717, 1.165) is 24.6 Å². The van der Waals surface area contributed by atoms with Gasteiger partial charge in [-0.05, 0) is 20.3 Å². The van der Waals surface area contributed by atoms with Crippen molar-refractivity contribution in [3.05, 3.63) is 16.6 Å². The van der Waals surface area contributed by atoms with E-state index in [-0.39, 0.29) is 11.6 Å². The average Bonchev–Trinajstić information content (AvgIpc) is 2.82. The Morgan fingerprint density at radius 2 is 2.50 bits per heavy atom. The fourth-order valence-corrected chi connectivity index (χ4v) is 2.38. The van der Waals surface area contributed by atoms with E-state index in [4.69, 9.17) is 9.47 Å². The van der Waals surface area contributed by atoms with Crippen molar-refractivity contribution in [2.45, 2.75) is 31.9 Å². The van der Waals surface area contributed by atoms with E-state index in [1.54, 1.807) is 11.3 Å². The van der Waals surface area contributed by atoms with Crippen LogP contribution in [-0.2, 0) is 15.0 Å². The Kier molecular flexibility index (Phi) is 3.91. The molecule has 5 heteroatoms. The largest absolute Gasteiger partial charge is 0.355 e. The first-order chi connectivity index (χ1) is 7.68. The van der Waals surface area contributed by atoms with E-state index < -0.39 is 0 Å². The first-order valence-electron chi connectivity index (χ1n) is 5.53. The van der Waals surface area contributed by atoms with Gasteiger partial charge in [-0.1, -0.05) is 0 Å². The highest BCUT2D eigenvalue weighted by Gasteiger charge is 2.24. The molecule has 90 valence electrons. The Bertz CT molecular complexity index is 308. The summed E-state index contributed by atoms with van der Waals surface area (Å²) in [5.74, 6) is 0. The quantitative estimate of drug-likeness (QED) is 0.873. The molecule has 1 aliphatic heterocycles. The van der Waals surface area contributed by atoms with Crippen molar-refractivity contribution in [2.75, 3.05) is 19.9 Å². The molecule has 0 spiro atoms. The molecule has 1 aliphatic rings. The van der Waals surface area contributed by atoms with Gasteiger partial charge in [0.05, 0.1) is 18.2 Å². The minimum Gasteiger partial charge on any atom is -0.355 e. The molecule has 0 aliphatic carbocycles. The average molecular weight is 242 g/mol. The SMILES string of the molecule is CC(C)(NCC1CCOCO1)c1nccs1. The molecule has 2 rings (SSSR count). The molecule has 1 fully saturated rings. The summed E-state index contributed by atoms with van der Waals surface area (Å²) < 4.78 is 10.6. The van der Waals surface area contributed by atoms with Crippen LogP contribution in [0.2, 0.25) is 0 Å². The zero-order valence-electron chi connectivity index (χ0n) is 9.73. The summed E-state index contributed by atoms with van der Waals surface area (Å²) in [6.07, 6.45) is 3.06. The first-order valence-corrected chi connectivity index (χ1v) is 6.41. The summed E-state index contributed by atoms with van der Waals surface area (Å²) in [4.78, 5) is 4.34. The van der Waals surface area contributed by atoms with Gasteiger partial charge in [0.25, 0.3) is 0 Å². The molecular weight excluding hydrogens is 224 g/mol. The van der Waals surface area contributed by atoms with Gasteiger partial charge in [-0.25, -0.2) is 4.98 Å². The summed E-state index contributed by atoms with van der Waals surface area (Å²) in [5.41, 5.74) is -0.0875. The summed E-state index contributed by atoms with van der Waals surface area (Å²) in [6, 6.07) is 0. The Hall–Kier alpha value is -0.490. The highest BCUT2D eigenvalue weighted by molar-refractivity contribution is 7.09. The van der Waals surface area contributed by atoms with Crippen LogP contribution in [0.15, 0.2) is 11.6 Å². The van der Waals surface area contributed by atoms with Crippen LogP contribution in [0.4, 0.5) is 0 Å². The molecule has 0 saturated carbocycles. The molecular formula is C11H18N2O2S. The lowest BCUT2D eigenvalue weighted by Crippen LogP contribution is -2.43. The third-order valence-electron chi connectivity index (χ3n) is 2.71. The number of nitrogens with zero attached hydrogens (tertiary/aromatic N) is 1. The zero-order valence-corrected chi connectivity index (χ0v) is 10.5. The van der Waals surface area contributed by atoms with Gasteiger partial charge in [-0.3, -0.25) is 0 Å². The predicted molar refractivity (Wildman–Crippen MR) is 63.5 cm³/mol. The third-order valence-corrected chi connectivity index (χ3v) is 3.81. The molecule has 2 heterocycles. The molecule has 0 aromatic carbocycles. The predicted octanol–water partition coefficient (Wildman–Crippen LogP) is 1.73. The minimum absolute atomic E-state index is 0.0875. The molecule has 4 nitrogen and oxygen atoms in total. The van der Waals surface area contributed by atoms with Gasteiger partial charge in [-0.15, -0.1) is 11.3 Å². The molecule has 1 aromatic rings. The van der Waals surface area contributed by atoms with E-state index in [1.165, 1.54) is 0 Å². The summed E-state index contributed by atoms with van der Waals surface area (Å²) >= 11 is 1.68. The van der Waals surface area contributed by atoms with Crippen molar-refractivity contribution in [3.8, 4) is 0 Å². The highest BCUT2D eigenvalue weighted by Crippen LogP contribution is 2.22. The van der Waals surface area contributed by atoms with Crippen LogP contribution in [0.1, 0.15) is 25.3 Å². The van der Waals surface area contributed by atoms with Crippen molar-refractivity contribution < 1.29 is 9.47 Å². The summed E-state index contributed by atoms with van der Waals surface area (Å²) in [7, 11) is 0. The van der Waals surface area contributed by atoms with Crippen LogP contribution < -0.4 is 5.32 Å². The molecule has 1 unspecified atom stereocenters. The lowest BCUT2D eigenvalue weighted by molar-refractivity contribution is -0.138. The number of thiazole rings is 1. The van der Waals surface area contributed by atoms with Gasteiger partial charge in [0.15, 0.2) is 0 Å². The van der Waals surface area contributed by atoms with Crippen molar-refractivity contribution in [1.82, 2.24) is 10.3 Å². The summed E-state index contributed by atoms with van der Waals surface area (Å²) in [5, 5.41) is 6.61. The number of rotatable bonds is 4. The second kappa shape index (κ2) is 5.23. The number of aromatic nitrogens is 1. The molecule has 1 aromatic heterocycles. The number of ether oxygens (including phenoxy) is 2. The van der Waals surface area contributed by atoms with Crippen molar-refractivity contribution in [2.24, 2.45) is 0 Å². The smallest absolute Gasteiger partial charge is 0.147 e. The molecule has 1 N–H and O–H groups in total. The molecule has 16 heavy (non-hydrogen) atoms. The number of nitrogens with one attached hydrogen (secondary N) is 1. The van der Waals surface area contributed by atoms with Gasteiger partial charge in [0.1, 0.15) is 11.8 Å². The Morgan fingerprint density at radius 3 is 3.12 bits per heavy atom. The van der Waals surface area contributed by atoms with Crippen LogP contribution in [0.3, 0.4) is 0 Å². The third kappa shape index (κ3) is 3.01. The molecule has 1 saturated heterocycles. The summed E-state index contributed by atoms with van der Waals surface area (Å²) in [6.45, 7) is 6.35. The van der Waals surface area contributed by atoms with E-state index >= 15 is 0 Å². The second-order valence-corrected chi connectivity index (χ2v) is 5.34. The van der Waals surface area contributed by atoms with E-state index in [1.807, 2.05) is 11.6 Å². The van der Waals surface area contributed by atoms with Crippen molar-refractivity contribution >= 4 is 11.3 Å². The van der Waals surface area contributed by atoms with Gasteiger partial charge >= 0.3 is 0 Å². The fourth-order valence-electron chi connectivity index (χ4n) is 1.64. The van der Waals surface area contributed by atoms with E-state index in [2.05, 4.69) is 24.1 Å². The van der Waals surface area contributed by atoms with Gasteiger partial charge in [-0.2, -0.15) is 0 Å². The van der Waals surface area contributed by atoms with E-state index in [0.29, 0.717) is 6.79 Å². The standard InChI is InChI=1S/C11H18N2O2S/c1-11(2,10-12-4-6-16-10)13-7-9-3-5-14-8-15-9/h4,6,9,13H,3,5,7-8H2,1-2H3. The number of hydrogen-bond acceptors (Lipinski definition) is 5. The van der Waals surface area contributed by atoms with Crippen LogP contribution in [0.25, 0.3) is 0 Å². The van der Waals surface area contributed by atoms with Gasteiger partial charge in [0, 0.05) is 18.1 Å². The maximum atomic E-state index is 5.49. The lowest BCUT2D eigenvalue weighted by atomic mass is 10.1. The Labute approximate surface area is 100.0 Å². The maximum Gasteiger partial charge on any atom is 0.147 e. The molecule has 0 radical (unpaired) electrons. The topological polar surface area (TPSA) is 43.4 Å². The molecule has 1 atom stereocenters. The highest BCUT2D eigenvalue weighted by atomic mass is 32.1. The second-order valence-electron chi connectivity index (χ2n) is 4.45. The minimum atomic E-state index is -0.0875. The van der Waals surface area contributed by atoms with Crippen molar-refractivity contribution in [3.63, 3.8) is 0 Å². The van der Waals surface area contributed by atoms with Gasteiger partial charge < -0.3 is 14.8 Å². The lowest BCUT2D eigenvalue weighted by Gasteiger charge is -2.29. The Balaban J connectivity index is 1.84.